The van der Waals surface area contributed by atoms with Gasteiger partial charge in [-0.3, -0.25) is 0 Å². The van der Waals surface area contributed by atoms with E-state index in [0.29, 0.717) is 13.2 Å². The first-order valence-electron chi connectivity index (χ1n) is 5.91. The van der Waals surface area contributed by atoms with E-state index in [4.69, 9.17) is 9.47 Å². The molecular weight excluding hydrogens is 292 g/mol. The van der Waals surface area contributed by atoms with Crippen LogP contribution in [-0.4, -0.2) is 13.2 Å². The third kappa shape index (κ3) is 1.88. The highest BCUT2D eigenvalue weighted by Gasteiger charge is 2.41. The standard InChI is InChI=1S/C15H13BrO2/c16-14-9-5-4-8-13(14)15(17-10-11-18-15)12-6-2-1-3-7-12/h1-9H,10-11H2. The van der Waals surface area contributed by atoms with E-state index in [0.717, 1.165) is 15.6 Å². The summed E-state index contributed by atoms with van der Waals surface area (Å²) in [4.78, 5) is 0. The summed E-state index contributed by atoms with van der Waals surface area (Å²) in [5.41, 5.74) is 2.03. The van der Waals surface area contributed by atoms with Crippen molar-refractivity contribution in [2.24, 2.45) is 0 Å². The van der Waals surface area contributed by atoms with E-state index in [1.165, 1.54) is 0 Å². The number of ether oxygens (including phenoxy) is 2. The van der Waals surface area contributed by atoms with E-state index in [9.17, 15) is 0 Å². The summed E-state index contributed by atoms with van der Waals surface area (Å²) in [5, 5.41) is 0. The van der Waals surface area contributed by atoms with Crippen LogP contribution in [-0.2, 0) is 15.3 Å². The quantitative estimate of drug-likeness (QED) is 0.842. The van der Waals surface area contributed by atoms with Crippen molar-refractivity contribution in [3.63, 3.8) is 0 Å². The van der Waals surface area contributed by atoms with E-state index in [2.05, 4.69) is 15.9 Å². The molecule has 3 heteroatoms. The summed E-state index contributed by atoms with van der Waals surface area (Å²) in [5.74, 6) is -0.776. The highest BCUT2D eigenvalue weighted by Crippen LogP contribution is 2.41. The molecule has 2 nitrogen and oxygen atoms in total. The number of benzene rings is 2. The molecule has 0 unspecified atom stereocenters. The van der Waals surface area contributed by atoms with Crippen LogP contribution in [0.15, 0.2) is 59.1 Å². The van der Waals surface area contributed by atoms with Crippen LogP contribution in [0.4, 0.5) is 0 Å². The fourth-order valence-electron chi connectivity index (χ4n) is 2.28. The molecule has 1 aliphatic heterocycles. The summed E-state index contributed by atoms with van der Waals surface area (Å²) in [6.45, 7) is 1.21. The zero-order valence-corrected chi connectivity index (χ0v) is 11.4. The molecule has 1 aliphatic rings. The molecule has 18 heavy (non-hydrogen) atoms. The Bertz CT molecular complexity index is 533. The Morgan fingerprint density at radius 2 is 1.44 bits per heavy atom. The van der Waals surface area contributed by atoms with E-state index >= 15 is 0 Å². The summed E-state index contributed by atoms with van der Waals surface area (Å²) < 4.78 is 12.9. The average molecular weight is 305 g/mol. The van der Waals surface area contributed by atoms with Crippen LogP contribution in [0.3, 0.4) is 0 Å². The normalized spacial score (nSPS) is 17.8. The number of hydrogen-bond acceptors (Lipinski definition) is 2. The molecule has 3 rings (SSSR count). The van der Waals surface area contributed by atoms with Crippen LogP contribution >= 0.6 is 15.9 Å². The molecule has 1 heterocycles. The molecule has 1 saturated heterocycles. The van der Waals surface area contributed by atoms with Crippen molar-refractivity contribution in [3.8, 4) is 0 Å². The summed E-state index contributed by atoms with van der Waals surface area (Å²) in [6.07, 6.45) is 0. The van der Waals surface area contributed by atoms with Crippen LogP contribution in [0.5, 0.6) is 0 Å². The largest absolute Gasteiger partial charge is 0.340 e. The lowest BCUT2D eigenvalue weighted by Gasteiger charge is -2.29. The second kappa shape index (κ2) is 4.84. The molecule has 0 atom stereocenters. The molecule has 0 N–H and O–H groups in total. The van der Waals surface area contributed by atoms with Crippen molar-refractivity contribution in [2.75, 3.05) is 13.2 Å². The van der Waals surface area contributed by atoms with Crippen LogP contribution in [0.25, 0.3) is 0 Å². The Hall–Kier alpha value is -1.16. The van der Waals surface area contributed by atoms with Gasteiger partial charge >= 0.3 is 0 Å². The first kappa shape index (κ1) is 11.9. The van der Waals surface area contributed by atoms with Gasteiger partial charge in [-0.15, -0.1) is 0 Å². The van der Waals surface area contributed by atoms with Crippen molar-refractivity contribution in [3.05, 3.63) is 70.2 Å². The third-order valence-corrected chi connectivity index (χ3v) is 3.77. The summed E-state index contributed by atoms with van der Waals surface area (Å²) >= 11 is 3.58. The molecule has 0 spiro atoms. The number of rotatable bonds is 2. The van der Waals surface area contributed by atoms with Gasteiger partial charge in [0.15, 0.2) is 0 Å². The highest BCUT2D eigenvalue weighted by atomic mass is 79.9. The maximum atomic E-state index is 5.94. The van der Waals surface area contributed by atoms with Gasteiger partial charge in [0, 0.05) is 15.6 Å². The fourth-order valence-corrected chi connectivity index (χ4v) is 2.82. The lowest BCUT2D eigenvalue weighted by molar-refractivity contribution is -0.130. The zero-order valence-electron chi connectivity index (χ0n) is 9.80. The van der Waals surface area contributed by atoms with Gasteiger partial charge in [0.1, 0.15) is 0 Å². The molecule has 92 valence electrons. The lowest BCUT2D eigenvalue weighted by Crippen LogP contribution is -2.29. The molecule has 0 radical (unpaired) electrons. The van der Waals surface area contributed by atoms with E-state index in [1.54, 1.807) is 0 Å². The lowest BCUT2D eigenvalue weighted by atomic mass is 9.97. The van der Waals surface area contributed by atoms with Crippen molar-refractivity contribution in [2.45, 2.75) is 5.79 Å². The van der Waals surface area contributed by atoms with Gasteiger partial charge in [-0.2, -0.15) is 0 Å². The molecule has 2 aromatic rings. The molecule has 0 saturated carbocycles. The Morgan fingerprint density at radius 3 is 2.11 bits per heavy atom. The van der Waals surface area contributed by atoms with Gasteiger partial charge in [-0.25, -0.2) is 0 Å². The predicted molar refractivity (Wildman–Crippen MR) is 73.3 cm³/mol. The second-order valence-corrected chi connectivity index (χ2v) is 5.01. The Kier molecular flexibility index (Phi) is 3.20. The van der Waals surface area contributed by atoms with Gasteiger partial charge in [0.05, 0.1) is 13.2 Å². The second-order valence-electron chi connectivity index (χ2n) is 4.16. The molecule has 1 fully saturated rings. The van der Waals surface area contributed by atoms with Gasteiger partial charge < -0.3 is 9.47 Å². The first-order chi connectivity index (χ1) is 8.83. The average Bonchev–Trinajstić information content (AvgIpc) is 2.91. The van der Waals surface area contributed by atoms with Gasteiger partial charge in [-0.05, 0) is 6.07 Å². The number of hydrogen-bond donors (Lipinski definition) is 0. The maximum absolute atomic E-state index is 5.94. The molecule has 0 aliphatic carbocycles. The third-order valence-electron chi connectivity index (χ3n) is 3.08. The number of halogens is 1. The predicted octanol–water partition coefficient (Wildman–Crippen LogP) is 3.70. The van der Waals surface area contributed by atoms with Crippen LogP contribution in [0.1, 0.15) is 11.1 Å². The summed E-state index contributed by atoms with van der Waals surface area (Å²) in [7, 11) is 0. The molecule has 0 aromatic heterocycles. The van der Waals surface area contributed by atoms with Gasteiger partial charge in [-0.1, -0.05) is 64.5 Å². The monoisotopic (exact) mass is 304 g/mol. The minimum Gasteiger partial charge on any atom is -0.340 e. The molecule has 0 amide bonds. The van der Waals surface area contributed by atoms with Crippen LogP contribution in [0.2, 0.25) is 0 Å². The van der Waals surface area contributed by atoms with Gasteiger partial charge in [0.25, 0.3) is 0 Å². The maximum Gasteiger partial charge on any atom is 0.223 e. The smallest absolute Gasteiger partial charge is 0.223 e. The highest BCUT2D eigenvalue weighted by molar-refractivity contribution is 9.10. The van der Waals surface area contributed by atoms with E-state index in [1.807, 2.05) is 54.6 Å². The molecular formula is C15H13BrO2. The Labute approximate surface area is 115 Å². The van der Waals surface area contributed by atoms with Gasteiger partial charge in [0.2, 0.25) is 5.79 Å². The first-order valence-corrected chi connectivity index (χ1v) is 6.71. The van der Waals surface area contributed by atoms with Crippen molar-refractivity contribution < 1.29 is 9.47 Å². The zero-order chi connectivity index (χ0) is 12.4. The SMILES string of the molecule is Brc1ccccc1C1(c2ccccc2)OCCO1. The van der Waals surface area contributed by atoms with Crippen molar-refractivity contribution >= 4 is 15.9 Å². The van der Waals surface area contributed by atoms with E-state index < -0.39 is 5.79 Å². The topological polar surface area (TPSA) is 18.5 Å². The summed E-state index contributed by atoms with van der Waals surface area (Å²) in [6, 6.07) is 18.1. The van der Waals surface area contributed by atoms with Crippen LogP contribution < -0.4 is 0 Å². The Balaban J connectivity index is 2.16. The minimum atomic E-state index is -0.776. The Morgan fingerprint density at radius 1 is 0.833 bits per heavy atom. The molecule has 0 bridgehead atoms. The minimum absolute atomic E-state index is 0.607. The fraction of sp³-hybridized carbons (Fsp3) is 0.200. The van der Waals surface area contributed by atoms with Crippen molar-refractivity contribution in [1.29, 1.82) is 0 Å². The van der Waals surface area contributed by atoms with Crippen LogP contribution in [0, 0.1) is 0 Å². The van der Waals surface area contributed by atoms with E-state index in [-0.39, 0.29) is 0 Å². The van der Waals surface area contributed by atoms with Crippen molar-refractivity contribution in [1.82, 2.24) is 0 Å². The molecule has 2 aromatic carbocycles.